The van der Waals surface area contributed by atoms with Gasteiger partial charge in [-0.15, -0.1) is 0 Å². The summed E-state index contributed by atoms with van der Waals surface area (Å²) in [4.78, 5) is 54.0. The summed E-state index contributed by atoms with van der Waals surface area (Å²) in [5.74, 6) is 0.227. The first-order chi connectivity index (χ1) is 19.0. The Kier molecular flexibility index (Phi) is 8.43. The molecule has 3 saturated heterocycles. The molecule has 3 atom stereocenters. The Bertz CT molecular complexity index is 1060. The van der Waals surface area contributed by atoms with Crippen molar-refractivity contribution in [2.45, 2.75) is 110 Å². The Morgan fingerprint density at radius 1 is 1.02 bits per heavy atom. The largest absolute Gasteiger partial charge is 0.443 e. The Morgan fingerprint density at radius 3 is 2.30 bits per heavy atom. The van der Waals surface area contributed by atoms with Crippen LogP contribution in [0.1, 0.15) is 78.7 Å². The third kappa shape index (κ3) is 6.46. The number of hydroxylamine groups is 2. The highest BCUT2D eigenvalue weighted by Crippen LogP contribution is 2.40. The molecule has 0 bridgehead atoms. The summed E-state index contributed by atoms with van der Waals surface area (Å²) in [6.45, 7) is 12.9. The lowest BCUT2D eigenvalue weighted by atomic mass is 9.84. The van der Waals surface area contributed by atoms with Gasteiger partial charge in [-0.2, -0.15) is 5.06 Å². The molecule has 0 unspecified atom stereocenters. The van der Waals surface area contributed by atoms with E-state index < -0.39 is 24.4 Å². The van der Waals surface area contributed by atoms with Crippen LogP contribution in [0.25, 0.3) is 0 Å². The van der Waals surface area contributed by atoms with E-state index in [1.165, 1.54) is 5.06 Å². The maximum Gasteiger partial charge on any atom is 0.436 e. The van der Waals surface area contributed by atoms with Gasteiger partial charge in [0.1, 0.15) is 12.6 Å². The average molecular weight is 555 g/mol. The molecule has 9 nitrogen and oxygen atoms in total. The van der Waals surface area contributed by atoms with Gasteiger partial charge in [-0.3, -0.25) is 14.4 Å². The molecule has 0 N–H and O–H groups in total. The number of benzene rings is 1. The normalized spacial score (nSPS) is 26.9. The number of piperazine rings is 1. The zero-order valence-corrected chi connectivity index (χ0v) is 24.8. The van der Waals surface area contributed by atoms with Gasteiger partial charge in [0.2, 0.25) is 5.91 Å². The smallest absolute Gasteiger partial charge is 0.436 e. The number of piperidine rings is 1. The van der Waals surface area contributed by atoms with Crippen molar-refractivity contribution in [1.82, 2.24) is 19.8 Å². The average Bonchev–Trinajstić information content (AvgIpc) is 3.74. The maximum absolute atomic E-state index is 14.2. The number of likely N-dealkylation sites (tertiary alicyclic amines) is 1. The lowest BCUT2D eigenvalue weighted by molar-refractivity contribution is -0.270. The molecule has 5 rings (SSSR count). The van der Waals surface area contributed by atoms with Crippen LogP contribution in [0.5, 0.6) is 0 Å². The van der Waals surface area contributed by atoms with Gasteiger partial charge >= 0.3 is 6.09 Å². The zero-order chi connectivity index (χ0) is 28.6. The molecule has 0 spiro atoms. The van der Waals surface area contributed by atoms with Crippen molar-refractivity contribution < 1.29 is 24.0 Å². The van der Waals surface area contributed by atoms with E-state index in [0.717, 1.165) is 44.3 Å². The van der Waals surface area contributed by atoms with Crippen molar-refractivity contribution in [1.29, 1.82) is 0 Å². The summed E-state index contributed by atoms with van der Waals surface area (Å²) in [5.41, 5.74) is 0.677. The van der Waals surface area contributed by atoms with E-state index in [-0.39, 0.29) is 36.4 Å². The third-order valence-electron chi connectivity index (χ3n) is 8.73. The fourth-order valence-corrected chi connectivity index (χ4v) is 6.33. The first-order valence-electron chi connectivity index (χ1n) is 15.0. The molecule has 1 aromatic rings. The number of amides is 3. The van der Waals surface area contributed by atoms with Gasteiger partial charge < -0.3 is 19.4 Å². The number of carbonyl (C=O) groups is 3. The number of rotatable bonds is 7. The molecule has 220 valence electrons. The van der Waals surface area contributed by atoms with Crippen molar-refractivity contribution in [3.05, 3.63) is 35.9 Å². The van der Waals surface area contributed by atoms with Crippen LogP contribution in [0.4, 0.5) is 4.79 Å². The van der Waals surface area contributed by atoms with Gasteiger partial charge in [0, 0.05) is 25.2 Å². The number of ether oxygens (including phenoxy) is 1. The third-order valence-corrected chi connectivity index (χ3v) is 8.73. The summed E-state index contributed by atoms with van der Waals surface area (Å²) >= 11 is 0. The molecule has 3 aliphatic heterocycles. The van der Waals surface area contributed by atoms with Crippen LogP contribution in [-0.4, -0.2) is 87.7 Å². The lowest BCUT2D eigenvalue weighted by Crippen LogP contribution is -2.75. The van der Waals surface area contributed by atoms with Crippen LogP contribution >= 0.6 is 0 Å². The van der Waals surface area contributed by atoms with Crippen molar-refractivity contribution in [2.75, 3.05) is 19.6 Å². The highest BCUT2D eigenvalue weighted by molar-refractivity contribution is 5.92. The molecular formula is C31H46N4O5. The number of hydrogen-bond acceptors (Lipinski definition) is 6. The monoisotopic (exact) mass is 554 g/mol. The molecule has 0 aromatic heterocycles. The predicted octanol–water partition coefficient (Wildman–Crippen LogP) is 4.41. The summed E-state index contributed by atoms with van der Waals surface area (Å²) in [6.07, 6.45) is 2.79. The van der Waals surface area contributed by atoms with E-state index in [2.05, 4.69) is 39.5 Å². The summed E-state index contributed by atoms with van der Waals surface area (Å²) < 4.78 is 5.72. The summed E-state index contributed by atoms with van der Waals surface area (Å²) in [7, 11) is 0. The van der Waals surface area contributed by atoms with Gasteiger partial charge in [-0.1, -0.05) is 63.9 Å². The van der Waals surface area contributed by atoms with Crippen LogP contribution in [0.3, 0.4) is 0 Å². The zero-order valence-electron chi connectivity index (χ0n) is 24.8. The Balaban J connectivity index is 1.43. The molecule has 1 aromatic carbocycles. The second-order valence-electron chi connectivity index (χ2n) is 13.5. The fourth-order valence-electron chi connectivity index (χ4n) is 6.33. The quantitative estimate of drug-likeness (QED) is 0.497. The van der Waals surface area contributed by atoms with Crippen molar-refractivity contribution >= 4 is 17.9 Å². The fraction of sp³-hybridized carbons (Fsp3) is 0.710. The summed E-state index contributed by atoms with van der Waals surface area (Å²) in [6, 6.07) is 9.40. The second-order valence-corrected chi connectivity index (χ2v) is 13.5. The van der Waals surface area contributed by atoms with E-state index in [4.69, 9.17) is 9.57 Å². The minimum atomic E-state index is -0.788. The van der Waals surface area contributed by atoms with E-state index in [1.54, 1.807) is 4.90 Å². The van der Waals surface area contributed by atoms with Crippen molar-refractivity contribution in [3.63, 3.8) is 0 Å². The highest BCUT2D eigenvalue weighted by atomic mass is 16.7. The first-order valence-corrected chi connectivity index (χ1v) is 15.0. The van der Waals surface area contributed by atoms with E-state index in [9.17, 15) is 14.4 Å². The van der Waals surface area contributed by atoms with Gasteiger partial charge in [0.25, 0.3) is 5.91 Å². The topological polar surface area (TPSA) is 82.6 Å². The Hall–Kier alpha value is -2.65. The molecule has 4 fully saturated rings. The molecule has 0 radical (unpaired) electrons. The van der Waals surface area contributed by atoms with E-state index in [0.29, 0.717) is 24.8 Å². The number of carbonyl (C=O) groups excluding carboxylic acids is 3. The van der Waals surface area contributed by atoms with Crippen molar-refractivity contribution in [3.8, 4) is 0 Å². The number of nitrogens with zero attached hydrogens (tertiary/aromatic N) is 4. The Morgan fingerprint density at radius 2 is 1.70 bits per heavy atom. The van der Waals surface area contributed by atoms with Crippen LogP contribution in [0, 0.1) is 11.3 Å². The number of hydrogen-bond donors (Lipinski definition) is 0. The maximum atomic E-state index is 14.2. The molecule has 3 heterocycles. The van der Waals surface area contributed by atoms with E-state index >= 15 is 0 Å². The minimum absolute atomic E-state index is 0.00723. The molecule has 4 aliphatic rings. The van der Waals surface area contributed by atoms with Crippen molar-refractivity contribution in [2.24, 2.45) is 11.3 Å². The number of fused-ring (bicyclic) bond motifs is 1. The van der Waals surface area contributed by atoms with Crippen LogP contribution in [-0.2, 0) is 25.8 Å². The minimum Gasteiger partial charge on any atom is -0.443 e. The lowest BCUT2D eigenvalue weighted by Gasteiger charge is -2.55. The van der Waals surface area contributed by atoms with Gasteiger partial charge in [0.05, 0.1) is 6.54 Å². The van der Waals surface area contributed by atoms with Gasteiger partial charge in [-0.05, 0) is 56.4 Å². The summed E-state index contributed by atoms with van der Waals surface area (Å²) in [5, 5.41) is 1.27. The Labute approximate surface area is 238 Å². The van der Waals surface area contributed by atoms with Gasteiger partial charge in [0.15, 0.2) is 12.3 Å². The predicted molar refractivity (Wildman–Crippen MR) is 151 cm³/mol. The molecule has 1 saturated carbocycles. The van der Waals surface area contributed by atoms with Crippen LogP contribution < -0.4 is 0 Å². The molecule has 1 aliphatic carbocycles. The van der Waals surface area contributed by atoms with E-state index in [1.807, 2.05) is 35.2 Å². The first kappa shape index (κ1) is 28.9. The molecule has 9 heteroatoms. The second kappa shape index (κ2) is 11.7. The molecule has 3 amide bonds. The molecule has 40 heavy (non-hydrogen) atoms. The highest BCUT2D eigenvalue weighted by Gasteiger charge is 2.55. The van der Waals surface area contributed by atoms with Crippen LogP contribution in [0.2, 0.25) is 0 Å². The van der Waals surface area contributed by atoms with Gasteiger partial charge in [-0.25, -0.2) is 4.79 Å². The SMILES string of the molecule is CC(C)N1CCC(N2C[C@@H]3N(C(=O)OCc4ccccc4)O[C@H](CC4CC4)C(=O)N3[C@@H](CC(C)(C)C)C2=O)CC1. The molecular weight excluding hydrogens is 508 g/mol. The standard InChI is InChI=1S/C31H46N4O5/c1-21(2)32-15-13-24(14-16-32)33-19-27-34(25(28(33)36)18-31(3,4)5)29(37)26(17-22-11-12-22)40-35(27)30(38)39-20-23-9-7-6-8-10-23/h6-10,21-22,24-27H,11-20H2,1-5H3/t25-,26+,27-/m0/s1. The van der Waals surface area contributed by atoms with Crippen LogP contribution in [0.15, 0.2) is 30.3 Å².